The maximum atomic E-state index is 12.4. The minimum atomic E-state index is -0.335. The lowest BCUT2D eigenvalue weighted by Crippen LogP contribution is -2.22. The molecule has 0 saturated carbocycles. The normalized spacial score (nSPS) is 11.5. The molecule has 0 spiro atoms. The largest absolute Gasteiger partial charge is 0.330 e. The predicted molar refractivity (Wildman–Crippen MR) is 114 cm³/mol. The second-order valence-corrected chi connectivity index (χ2v) is 8.80. The van der Waals surface area contributed by atoms with Gasteiger partial charge in [-0.15, -0.1) is 10.2 Å². The van der Waals surface area contributed by atoms with Crippen LogP contribution >= 0.6 is 23.1 Å². The quantitative estimate of drug-likeness (QED) is 0.563. The van der Waals surface area contributed by atoms with E-state index in [4.69, 9.17) is 5.26 Å². The van der Waals surface area contributed by atoms with Crippen LogP contribution < -0.4 is 10.6 Å². The molecule has 6 nitrogen and oxygen atoms in total. The minimum absolute atomic E-state index is 0.131. The number of nitriles is 1. The zero-order valence-corrected chi connectivity index (χ0v) is 17.3. The first kappa shape index (κ1) is 19.9. The summed E-state index contributed by atoms with van der Waals surface area (Å²) in [5, 5.41) is 23.6. The highest BCUT2D eigenvalue weighted by Gasteiger charge is 2.17. The summed E-state index contributed by atoms with van der Waals surface area (Å²) in [6.45, 7) is 5.96. The Bertz CT molecular complexity index is 1020. The highest BCUT2D eigenvalue weighted by Crippen LogP contribution is 2.31. The first-order chi connectivity index (χ1) is 13.4. The van der Waals surface area contributed by atoms with Crippen LogP contribution in [0.25, 0.3) is 0 Å². The Morgan fingerprint density at radius 3 is 2.50 bits per heavy atom. The number of aromatic nitrogens is 2. The van der Waals surface area contributed by atoms with E-state index >= 15 is 0 Å². The molecule has 28 heavy (non-hydrogen) atoms. The molecule has 142 valence electrons. The molecular weight excluding hydrogens is 390 g/mol. The van der Waals surface area contributed by atoms with Gasteiger partial charge in [0.2, 0.25) is 11.0 Å². The van der Waals surface area contributed by atoms with Crippen molar-refractivity contribution in [3.05, 3.63) is 59.2 Å². The van der Waals surface area contributed by atoms with Gasteiger partial charge in [-0.25, -0.2) is 0 Å². The lowest BCUT2D eigenvalue weighted by Gasteiger charge is -2.10. The van der Waals surface area contributed by atoms with E-state index in [0.717, 1.165) is 5.69 Å². The van der Waals surface area contributed by atoms with Crippen LogP contribution in [0.4, 0.5) is 16.5 Å². The molecule has 0 fully saturated rings. The van der Waals surface area contributed by atoms with Crippen molar-refractivity contribution >= 4 is 45.5 Å². The fraction of sp³-hybridized carbons (Fsp3) is 0.200. The third kappa shape index (κ3) is 5.09. The summed E-state index contributed by atoms with van der Waals surface area (Å²) in [6, 6.07) is 14.9. The number of aryl methyl sites for hydroxylation is 2. The van der Waals surface area contributed by atoms with Gasteiger partial charge in [-0.2, -0.15) is 5.26 Å². The third-order valence-corrected chi connectivity index (χ3v) is 6.12. The number of hydrogen-bond acceptors (Lipinski definition) is 7. The summed E-state index contributed by atoms with van der Waals surface area (Å²) >= 11 is 2.76. The van der Waals surface area contributed by atoms with Gasteiger partial charge in [-0.05, 0) is 68.3 Å². The van der Waals surface area contributed by atoms with Crippen LogP contribution in [-0.2, 0) is 4.79 Å². The van der Waals surface area contributed by atoms with Gasteiger partial charge in [0.1, 0.15) is 0 Å². The zero-order chi connectivity index (χ0) is 20.1. The molecule has 0 aliphatic heterocycles. The molecule has 0 bridgehead atoms. The van der Waals surface area contributed by atoms with Crippen LogP contribution in [-0.4, -0.2) is 21.4 Å². The summed E-state index contributed by atoms with van der Waals surface area (Å²) in [5.74, 6) is -0.131. The molecule has 0 radical (unpaired) electrons. The summed E-state index contributed by atoms with van der Waals surface area (Å²) in [5.41, 5.74) is 4.62. The van der Waals surface area contributed by atoms with Crippen molar-refractivity contribution in [3.63, 3.8) is 0 Å². The van der Waals surface area contributed by atoms with Crippen LogP contribution in [0.3, 0.4) is 0 Å². The number of thioether (sulfide) groups is 1. The van der Waals surface area contributed by atoms with E-state index in [-0.39, 0.29) is 11.2 Å². The van der Waals surface area contributed by atoms with Crippen LogP contribution in [0.5, 0.6) is 0 Å². The molecule has 2 N–H and O–H groups in total. The van der Waals surface area contributed by atoms with Gasteiger partial charge >= 0.3 is 0 Å². The van der Waals surface area contributed by atoms with Gasteiger partial charge in [0, 0.05) is 11.4 Å². The Hall–Kier alpha value is -2.89. The molecule has 1 atom stereocenters. The molecule has 1 aromatic heterocycles. The number of nitrogens with zero attached hydrogens (tertiary/aromatic N) is 3. The summed E-state index contributed by atoms with van der Waals surface area (Å²) < 4.78 is 0.716. The summed E-state index contributed by atoms with van der Waals surface area (Å²) in [6.07, 6.45) is 0. The Balaban J connectivity index is 1.58. The Labute approximate surface area is 172 Å². The molecule has 1 amide bonds. The van der Waals surface area contributed by atoms with Crippen molar-refractivity contribution in [2.45, 2.75) is 30.4 Å². The number of hydrogen-bond donors (Lipinski definition) is 2. The van der Waals surface area contributed by atoms with Crippen LogP contribution in [0, 0.1) is 25.2 Å². The third-order valence-electron chi connectivity index (χ3n) is 4.09. The summed E-state index contributed by atoms with van der Waals surface area (Å²) in [4.78, 5) is 12.4. The molecule has 0 saturated heterocycles. The molecule has 3 rings (SSSR count). The SMILES string of the molecule is Cc1ccc(Nc2nnc(SC(C)C(=O)Nc3ccc(C#N)cc3)s2)cc1C. The lowest BCUT2D eigenvalue weighted by atomic mass is 10.1. The van der Waals surface area contributed by atoms with Crippen molar-refractivity contribution in [3.8, 4) is 6.07 Å². The maximum absolute atomic E-state index is 12.4. The average Bonchev–Trinajstić information content (AvgIpc) is 3.12. The van der Waals surface area contributed by atoms with Crippen molar-refractivity contribution < 1.29 is 4.79 Å². The number of amides is 1. The van der Waals surface area contributed by atoms with Crippen LogP contribution in [0.2, 0.25) is 0 Å². The van der Waals surface area contributed by atoms with E-state index in [1.165, 1.54) is 34.2 Å². The predicted octanol–water partition coefficient (Wildman–Crippen LogP) is 4.89. The van der Waals surface area contributed by atoms with Gasteiger partial charge < -0.3 is 10.6 Å². The van der Waals surface area contributed by atoms with E-state index in [0.29, 0.717) is 20.7 Å². The molecule has 0 aliphatic rings. The van der Waals surface area contributed by atoms with Crippen LogP contribution in [0.15, 0.2) is 46.8 Å². The minimum Gasteiger partial charge on any atom is -0.330 e. The number of benzene rings is 2. The molecule has 0 aliphatic carbocycles. The second-order valence-electron chi connectivity index (χ2n) is 6.24. The van der Waals surface area contributed by atoms with E-state index in [2.05, 4.69) is 52.9 Å². The number of carbonyl (C=O) groups is 1. The van der Waals surface area contributed by atoms with Crippen molar-refractivity contribution in [2.75, 3.05) is 10.6 Å². The highest BCUT2D eigenvalue weighted by atomic mass is 32.2. The van der Waals surface area contributed by atoms with Crippen LogP contribution in [0.1, 0.15) is 23.6 Å². The molecule has 2 aromatic carbocycles. The van der Waals surface area contributed by atoms with Crippen molar-refractivity contribution in [1.82, 2.24) is 10.2 Å². The van der Waals surface area contributed by atoms with E-state index < -0.39 is 0 Å². The Morgan fingerprint density at radius 2 is 1.82 bits per heavy atom. The molecule has 3 aromatic rings. The molecule has 1 heterocycles. The fourth-order valence-corrected chi connectivity index (χ4v) is 4.24. The van der Waals surface area contributed by atoms with E-state index in [1.54, 1.807) is 24.3 Å². The first-order valence-electron chi connectivity index (χ1n) is 8.60. The van der Waals surface area contributed by atoms with Gasteiger partial charge in [0.15, 0.2) is 4.34 Å². The average molecular weight is 410 g/mol. The monoisotopic (exact) mass is 409 g/mol. The standard InChI is InChI=1S/C20H19N5OS2/c1-12-4-7-17(10-13(12)2)23-19-24-25-20(28-19)27-14(3)18(26)22-16-8-5-15(11-21)6-9-16/h4-10,14H,1-3H3,(H,22,26)(H,23,24). The van der Waals surface area contributed by atoms with Crippen molar-refractivity contribution in [2.24, 2.45) is 0 Å². The number of nitrogens with one attached hydrogen (secondary N) is 2. The number of anilines is 3. The van der Waals surface area contributed by atoms with Crippen molar-refractivity contribution in [1.29, 1.82) is 5.26 Å². The van der Waals surface area contributed by atoms with E-state index in [1.807, 2.05) is 13.0 Å². The maximum Gasteiger partial charge on any atom is 0.237 e. The highest BCUT2D eigenvalue weighted by molar-refractivity contribution is 8.02. The van der Waals surface area contributed by atoms with E-state index in [9.17, 15) is 4.79 Å². The second kappa shape index (κ2) is 8.87. The van der Waals surface area contributed by atoms with Gasteiger partial charge in [-0.1, -0.05) is 29.2 Å². The number of rotatable bonds is 6. The van der Waals surface area contributed by atoms with Gasteiger partial charge in [0.25, 0.3) is 0 Å². The topological polar surface area (TPSA) is 90.7 Å². The molecular formula is C20H19N5OS2. The first-order valence-corrected chi connectivity index (χ1v) is 10.3. The smallest absolute Gasteiger partial charge is 0.237 e. The Kier molecular flexibility index (Phi) is 6.29. The van der Waals surface area contributed by atoms with Gasteiger partial charge in [-0.3, -0.25) is 4.79 Å². The molecule has 1 unspecified atom stereocenters. The number of carbonyl (C=O) groups excluding carboxylic acids is 1. The zero-order valence-electron chi connectivity index (χ0n) is 15.7. The summed E-state index contributed by atoms with van der Waals surface area (Å²) in [7, 11) is 0. The molecule has 8 heteroatoms. The van der Waals surface area contributed by atoms with Gasteiger partial charge in [0.05, 0.1) is 16.9 Å². The fourth-order valence-electron chi connectivity index (χ4n) is 2.33. The Morgan fingerprint density at radius 1 is 1.11 bits per heavy atom. The lowest BCUT2D eigenvalue weighted by molar-refractivity contribution is -0.115.